The van der Waals surface area contributed by atoms with Crippen LogP contribution in [0.1, 0.15) is 22.1 Å². The number of carbonyl (C=O) groups is 1. The van der Waals surface area contributed by atoms with Crippen molar-refractivity contribution in [2.45, 2.75) is 31.1 Å². The Morgan fingerprint density at radius 3 is 2.41 bits per heavy atom. The van der Waals surface area contributed by atoms with Crippen LogP contribution in [-0.2, 0) is 34.6 Å². The molecule has 0 spiro atoms. The van der Waals surface area contributed by atoms with Crippen LogP contribution < -0.4 is 11.2 Å². The van der Waals surface area contributed by atoms with Gasteiger partial charge in [-0.1, -0.05) is 12.1 Å². The highest BCUT2D eigenvalue weighted by Gasteiger charge is 2.45. The predicted octanol–water partition coefficient (Wildman–Crippen LogP) is -0.470. The van der Waals surface area contributed by atoms with Gasteiger partial charge in [-0.2, -0.15) is 4.98 Å². The number of hydrogen-bond acceptors (Lipinski definition) is 12. The van der Waals surface area contributed by atoms with E-state index in [9.17, 15) is 33.8 Å². The number of nitrogens with zero attached hydrogens (tertiary/aromatic N) is 2. The Kier molecular flexibility index (Phi) is 9.37. The molecule has 3 rings (SSSR count). The first kappa shape index (κ1) is 29.1. The summed E-state index contributed by atoms with van der Waals surface area (Å²) < 4.78 is 38.2. The number of rotatable bonds is 11. The number of anilines is 1. The Labute approximate surface area is 209 Å². The van der Waals surface area contributed by atoms with Gasteiger partial charge in [-0.05, 0) is 23.8 Å². The molecule has 1 aromatic heterocycles. The van der Waals surface area contributed by atoms with E-state index in [1.54, 1.807) is 24.3 Å². The first-order valence-electron chi connectivity index (χ1n) is 10.5. The third-order valence-electron chi connectivity index (χ3n) is 5.04. The summed E-state index contributed by atoms with van der Waals surface area (Å²) >= 11 is 0. The molecular formula is C19H25N3O13P2. The van der Waals surface area contributed by atoms with E-state index >= 15 is 0 Å². The molecule has 0 saturated carbocycles. The molecule has 1 unspecified atom stereocenters. The second kappa shape index (κ2) is 11.9. The van der Waals surface area contributed by atoms with E-state index in [1.807, 2.05) is 0 Å². The Hall–Kier alpha value is -2.49. The van der Waals surface area contributed by atoms with Crippen LogP contribution in [0.2, 0.25) is 0 Å². The Morgan fingerprint density at radius 2 is 1.81 bits per heavy atom. The molecular weight excluding hydrogens is 540 g/mol. The number of aromatic nitrogens is 2. The molecule has 6 N–H and O–H groups in total. The molecule has 0 aliphatic carbocycles. The van der Waals surface area contributed by atoms with Crippen LogP contribution in [0.25, 0.3) is 0 Å². The zero-order valence-corrected chi connectivity index (χ0v) is 21.0. The molecule has 2 aromatic rings. The van der Waals surface area contributed by atoms with Crippen molar-refractivity contribution in [3.63, 3.8) is 0 Å². The normalized spacial score (nSPS) is 23.4. The summed E-state index contributed by atoms with van der Waals surface area (Å²) in [7, 11) is -8.31. The fourth-order valence-corrected chi connectivity index (χ4v) is 5.84. The van der Waals surface area contributed by atoms with E-state index in [0.717, 1.165) is 4.57 Å². The lowest BCUT2D eigenvalue weighted by atomic mass is 10.1. The van der Waals surface area contributed by atoms with Gasteiger partial charge in [0.25, 0.3) is 0 Å². The van der Waals surface area contributed by atoms with Crippen LogP contribution in [0.15, 0.2) is 41.3 Å². The molecule has 16 nitrogen and oxygen atoms in total. The van der Waals surface area contributed by atoms with Crippen molar-refractivity contribution >= 4 is 27.0 Å². The fraction of sp³-hybridized carbons (Fsp3) is 0.421. The SMILES string of the molecule is COC(=O)c1ccc(CONc2ccn([C@@H]3O[C@H](COP(=O)(O)CP(=O)(O)O)[C@@H](O)[C@H]3O)c(=O)n2)cc1. The van der Waals surface area contributed by atoms with Crippen LogP contribution in [0.5, 0.6) is 0 Å². The average molecular weight is 565 g/mol. The van der Waals surface area contributed by atoms with Crippen molar-refractivity contribution in [1.82, 2.24) is 9.55 Å². The van der Waals surface area contributed by atoms with E-state index in [2.05, 4.69) is 19.7 Å². The standard InChI is InChI=1S/C19H25N3O13P2/c1-32-18(25)12-4-2-11(3-5-12)8-33-21-14-6-7-22(19(26)20-14)17-16(24)15(23)13(35-17)9-34-37(30,31)10-36(27,28)29/h2-7,13,15-17,23-24H,8-10H2,1H3,(H,30,31)(H,20,21,26)(H2,27,28,29)/t13-,15-,16-,17-/m1/s1. The van der Waals surface area contributed by atoms with Crippen molar-refractivity contribution in [3.8, 4) is 0 Å². The lowest BCUT2D eigenvalue weighted by Crippen LogP contribution is -2.36. The maximum atomic E-state index is 12.5. The number of ether oxygens (including phenoxy) is 2. The van der Waals surface area contributed by atoms with Gasteiger partial charge >= 0.3 is 26.9 Å². The molecule has 37 heavy (non-hydrogen) atoms. The maximum Gasteiger partial charge on any atom is 0.351 e. The lowest BCUT2D eigenvalue weighted by molar-refractivity contribution is -0.0523. The zero-order valence-electron chi connectivity index (χ0n) is 19.2. The number of aliphatic hydroxyl groups excluding tert-OH is 2. The van der Waals surface area contributed by atoms with Gasteiger partial charge in [0, 0.05) is 6.20 Å². The van der Waals surface area contributed by atoms with Crippen molar-refractivity contribution in [2.75, 3.05) is 25.1 Å². The summed E-state index contributed by atoms with van der Waals surface area (Å²) in [6, 6.07) is 7.72. The third-order valence-corrected chi connectivity index (χ3v) is 8.49. The minimum absolute atomic E-state index is 0.0130. The van der Waals surface area contributed by atoms with Crippen molar-refractivity contribution < 1.29 is 57.7 Å². The highest BCUT2D eigenvalue weighted by Crippen LogP contribution is 2.55. The minimum Gasteiger partial charge on any atom is -0.465 e. The van der Waals surface area contributed by atoms with Gasteiger partial charge in [0.05, 0.1) is 25.9 Å². The molecule has 1 aromatic carbocycles. The third kappa shape index (κ3) is 7.99. The number of hydrogen-bond donors (Lipinski definition) is 6. The minimum atomic E-state index is -4.86. The van der Waals surface area contributed by atoms with Gasteiger partial charge in [0.2, 0.25) is 0 Å². The Balaban J connectivity index is 1.57. The number of benzene rings is 1. The quantitative estimate of drug-likeness (QED) is 0.115. The van der Waals surface area contributed by atoms with Gasteiger partial charge in [0.1, 0.15) is 18.3 Å². The second-order valence-electron chi connectivity index (χ2n) is 7.87. The second-order valence-corrected chi connectivity index (χ2v) is 11.9. The number of methoxy groups -OCH3 is 1. The number of carbonyl (C=O) groups excluding carboxylic acids is 1. The summed E-state index contributed by atoms with van der Waals surface area (Å²) in [5.74, 6) is -1.90. The molecule has 18 heteroatoms. The topological polar surface area (TPSA) is 236 Å². The fourth-order valence-electron chi connectivity index (χ4n) is 3.27. The van der Waals surface area contributed by atoms with Crippen molar-refractivity contribution in [3.05, 3.63) is 58.1 Å². The lowest BCUT2D eigenvalue weighted by Gasteiger charge is -2.18. The van der Waals surface area contributed by atoms with Crippen molar-refractivity contribution in [2.24, 2.45) is 0 Å². The molecule has 0 bridgehead atoms. The molecule has 5 atom stereocenters. The van der Waals surface area contributed by atoms with Gasteiger partial charge in [-0.3, -0.25) is 18.5 Å². The van der Waals surface area contributed by atoms with E-state index < -0.39 is 63.9 Å². The van der Waals surface area contributed by atoms with Crippen LogP contribution in [0.3, 0.4) is 0 Å². The maximum absolute atomic E-state index is 12.5. The van der Waals surface area contributed by atoms with Crippen molar-refractivity contribution in [1.29, 1.82) is 0 Å². The average Bonchev–Trinajstić information content (AvgIpc) is 3.10. The van der Waals surface area contributed by atoms with E-state index in [4.69, 9.17) is 19.4 Å². The first-order valence-corrected chi connectivity index (χ1v) is 14.0. The summed E-state index contributed by atoms with van der Waals surface area (Å²) in [4.78, 5) is 60.2. The molecule has 1 aliphatic rings. The summed E-state index contributed by atoms with van der Waals surface area (Å²) in [6.07, 6.45) is -4.95. The Bertz CT molecular complexity index is 1250. The molecule has 1 aliphatic heterocycles. The molecule has 0 radical (unpaired) electrons. The summed E-state index contributed by atoms with van der Waals surface area (Å²) in [6.45, 7) is -0.736. The van der Waals surface area contributed by atoms with Gasteiger partial charge < -0.3 is 38.9 Å². The molecule has 1 fully saturated rings. The zero-order chi connectivity index (χ0) is 27.4. The molecule has 1 saturated heterocycles. The largest absolute Gasteiger partial charge is 0.465 e. The smallest absolute Gasteiger partial charge is 0.351 e. The van der Waals surface area contributed by atoms with E-state index in [0.29, 0.717) is 11.1 Å². The van der Waals surface area contributed by atoms with Crippen LogP contribution in [0, 0.1) is 0 Å². The first-order chi connectivity index (χ1) is 17.3. The van der Waals surface area contributed by atoms with Gasteiger partial charge in [-0.15, -0.1) is 0 Å². The number of aliphatic hydroxyl groups is 2. The van der Waals surface area contributed by atoms with Crippen LogP contribution in [0.4, 0.5) is 5.82 Å². The highest BCUT2D eigenvalue weighted by atomic mass is 31.2. The highest BCUT2D eigenvalue weighted by molar-refractivity contribution is 7.70. The summed E-state index contributed by atoms with van der Waals surface area (Å²) in [5, 5.41) is 20.5. The number of nitrogens with one attached hydrogen (secondary N) is 1. The molecule has 204 valence electrons. The monoisotopic (exact) mass is 565 g/mol. The van der Waals surface area contributed by atoms with Gasteiger partial charge in [0.15, 0.2) is 17.9 Å². The van der Waals surface area contributed by atoms with E-state index in [-0.39, 0.29) is 12.4 Å². The van der Waals surface area contributed by atoms with E-state index in [1.165, 1.54) is 19.4 Å². The molecule has 0 amide bonds. The van der Waals surface area contributed by atoms with Crippen LogP contribution in [-0.4, -0.2) is 78.3 Å². The van der Waals surface area contributed by atoms with Crippen LogP contribution >= 0.6 is 15.2 Å². The number of esters is 1. The molecule has 2 heterocycles. The predicted molar refractivity (Wildman–Crippen MR) is 123 cm³/mol. The summed E-state index contributed by atoms with van der Waals surface area (Å²) in [5.41, 5.74) is 2.64. The Morgan fingerprint density at radius 1 is 1.14 bits per heavy atom. The van der Waals surface area contributed by atoms with Gasteiger partial charge in [-0.25, -0.2) is 15.1 Å².